The molecular formula is C12H22N2O3. The Hall–Kier alpha value is -0.650. The van der Waals surface area contributed by atoms with E-state index in [1.54, 1.807) is 7.11 Å². The molecule has 0 aliphatic carbocycles. The van der Waals surface area contributed by atoms with E-state index in [9.17, 15) is 9.90 Å². The summed E-state index contributed by atoms with van der Waals surface area (Å²) < 4.78 is 5.03. The highest BCUT2D eigenvalue weighted by Gasteiger charge is 2.38. The maximum absolute atomic E-state index is 11.3. The van der Waals surface area contributed by atoms with Crippen molar-refractivity contribution in [1.82, 2.24) is 9.80 Å². The average molecular weight is 242 g/mol. The molecule has 2 bridgehead atoms. The molecule has 2 heterocycles. The van der Waals surface area contributed by atoms with Gasteiger partial charge in [0.2, 0.25) is 0 Å². The van der Waals surface area contributed by atoms with Gasteiger partial charge in [-0.15, -0.1) is 0 Å². The first-order valence-electron chi connectivity index (χ1n) is 6.31. The lowest BCUT2D eigenvalue weighted by molar-refractivity contribution is -0.145. The normalized spacial score (nSPS) is 32.4. The first-order chi connectivity index (χ1) is 8.13. The Bertz CT molecular complexity index is 285. The minimum Gasteiger partial charge on any atom is -0.480 e. The number of nitrogens with zero attached hydrogens (tertiary/aromatic N) is 2. The fourth-order valence-corrected chi connectivity index (χ4v) is 3.11. The first-order valence-corrected chi connectivity index (χ1v) is 6.31. The van der Waals surface area contributed by atoms with Crippen molar-refractivity contribution in [2.75, 3.05) is 33.9 Å². The van der Waals surface area contributed by atoms with E-state index >= 15 is 0 Å². The molecule has 5 heteroatoms. The predicted molar refractivity (Wildman–Crippen MR) is 64.1 cm³/mol. The summed E-state index contributed by atoms with van der Waals surface area (Å²) in [5, 5.41) is 9.25. The third kappa shape index (κ3) is 2.61. The van der Waals surface area contributed by atoms with Gasteiger partial charge in [-0.05, 0) is 26.3 Å². The summed E-state index contributed by atoms with van der Waals surface area (Å²) in [5.74, 6) is -0.771. The molecule has 2 rings (SSSR count). The zero-order valence-corrected chi connectivity index (χ0v) is 10.6. The summed E-state index contributed by atoms with van der Waals surface area (Å²) in [5.41, 5.74) is 0. The van der Waals surface area contributed by atoms with Gasteiger partial charge >= 0.3 is 5.97 Å². The van der Waals surface area contributed by atoms with Crippen LogP contribution in [0.4, 0.5) is 0 Å². The Labute approximate surface area is 102 Å². The molecule has 3 unspecified atom stereocenters. The Kier molecular flexibility index (Phi) is 4.01. The van der Waals surface area contributed by atoms with Crippen molar-refractivity contribution < 1.29 is 14.6 Å². The van der Waals surface area contributed by atoms with E-state index in [-0.39, 0.29) is 6.61 Å². The number of likely N-dealkylation sites (tertiary alicyclic amines) is 1. The Balaban J connectivity index is 2.04. The molecular weight excluding hydrogens is 220 g/mol. The molecule has 0 aromatic heterocycles. The summed E-state index contributed by atoms with van der Waals surface area (Å²) >= 11 is 0. The highest BCUT2D eigenvalue weighted by molar-refractivity contribution is 5.73. The lowest BCUT2D eigenvalue weighted by Crippen LogP contribution is -2.48. The minimum atomic E-state index is -0.771. The van der Waals surface area contributed by atoms with Crippen molar-refractivity contribution in [3.8, 4) is 0 Å². The van der Waals surface area contributed by atoms with Crippen molar-refractivity contribution in [3.05, 3.63) is 0 Å². The largest absolute Gasteiger partial charge is 0.480 e. The predicted octanol–water partition coefficient (Wildman–Crippen LogP) is 0.255. The Morgan fingerprint density at radius 3 is 2.76 bits per heavy atom. The van der Waals surface area contributed by atoms with Gasteiger partial charge in [-0.3, -0.25) is 14.6 Å². The van der Waals surface area contributed by atoms with E-state index in [1.807, 2.05) is 0 Å². The average Bonchev–Trinajstić information content (AvgIpc) is 2.51. The molecule has 0 spiro atoms. The molecule has 0 amide bonds. The lowest BCUT2D eigenvalue weighted by Gasteiger charge is -2.30. The van der Waals surface area contributed by atoms with E-state index in [1.165, 1.54) is 12.8 Å². The maximum atomic E-state index is 11.3. The summed E-state index contributed by atoms with van der Waals surface area (Å²) in [4.78, 5) is 15.8. The molecule has 1 N–H and O–H groups in total. The molecule has 17 heavy (non-hydrogen) atoms. The highest BCUT2D eigenvalue weighted by Crippen LogP contribution is 2.29. The SMILES string of the molecule is COCC(C(=O)O)N1CCC2CCC(C1)N2C. The third-order valence-corrected chi connectivity index (χ3v) is 4.23. The number of likely N-dealkylation sites (N-methyl/N-ethyl adjacent to an activating group) is 1. The first kappa shape index (κ1) is 12.8. The van der Waals surface area contributed by atoms with Crippen LogP contribution in [-0.2, 0) is 9.53 Å². The molecule has 0 saturated carbocycles. The molecule has 2 saturated heterocycles. The minimum absolute atomic E-state index is 0.274. The van der Waals surface area contributed by atoms with Crippen LogP contribution in [0.15, 0.2) is 0 Å². The van der Waals surface area contributed by atoms with E-state index in [4.69, 9.17) is 4.74 Å². The van der Waals surface area contributed by atoms with E-state index in [0.717, 1.165) is 19.5 Å². The van der Waals surface area contributed by atoms with Gasteiger partial charge in [0, 0.05) is 32.3 Å². The molecule has 2 aliphatic rings. The van der Waals surface area contributed by atoms with Crippen LogP contribution in [0.2, 0.25) is 0 Å². The molecule has 0 radical (unpaired) electrons. The molecule has 3 atom stereocenters. The zero-order valence-electron chi connectivity index (χ0n) is 10.6. The summed E-state index contributed by atoms with van der Waals surface area (Å²) in [7, 11) is 3.73. The van der Waals surface area contributed by atoms with Gasteiger partial charge in [0.1, 0.15) is 6.04 Å². The van der Waals surface area contributed by atoms with E-state index in [2.05, 4.69) is 16.8 Å². The van der Waals surface area contributed by atoms with Gasteiger partial charge < -0.3 is 9.84 Å². The van der Waals surface area contributed by atoms with E-state index in [0.29, 0.717) is 12.1 Å². The van der Waals surface area contributed by atoms with Gasteiger partial charge in [0.15, 0.2) is 0 Å². The number of fused-ring (bicyclic) bond motifs is 2. The third-order valence-electron chi connectivity index (χ3n) is 4.23. The quantitative estimate of drug-likeness (QED) is 0.766. The molecule has 2 aliphatic heterocycles. The van der Waals surface area contributed by atoms with Crippen molar-refractivity contribution in [2.45, 2.75) is 37.4 Å². The number of carboxylic acids is 1. The lowest BCUT2D eigenvalue weighted by atomic mass is 10.1. The van der Waals surface area contributed by atoms with E-state index < -0.39 is 12.0 Å². The number of hydrogen-bond acceptors (Lipinski definition) is 4. The standard InChI is InChI=1S/C12H22N2O3/c1-13-9-3-4-10(13)7-14(6-5-9)11(8-17-2)12(15)16/h9-11H,3-8H2,1-2H3,(H,15,16). The maximum Gasteiger partial charge on any atom is 0.323 e. The van der Waals surface area contributed by atoms with Crippen molar-refractivity contribution in [1.29, 1.82) is 0 Å². The van der Waals surface area contributed by atoms with Gasteiger partial charge in [0.25, 0.3) is 0 Å². The summed E-state index contributed by atoms with van der Waals surface area (Å²) in [6, 6.07) is 0.663. The van der Waals surface area contributed by atoms with Crippen molar-refractivity contribution in [3.63, 3.8) is 0 Å². The zero-order chi connectivity index (χ0) is 12.4. The molecule has 2 fully saturated rings. The molecule has 0 aromatic rings. The number of aliphatic carboxylic acids is 1. The highest BCUT2D eigenvalue weighted by atomic mass is 16.5. The topological polar surface area (TPSA) is 53.0 Å². The van der Waals surface area contributed by atoms with Gasteiger partial charge in [0.05, 0.1) is 6.61 Å². The number of carboxylic acid groups (broad SMARTS) is 1. The number of methoxy groups -OCH3 is 1. The molecule has 98 valence electrons. The number of carbonyl (C=O) groups is 1. The number of rotatable bonds is 4. The van der Waals surface area contributed by atoms with Crippen LogP contribution in [-0.4, -0.2) is 72.9 Å². The van der Waals surface area contributed by atoms with Crippen LogP contribution < -0.4 is 0 Å². The van der Waals surface area contributed by atoms with Crippen LogP contribution in [0.25, 0.3) is 0 Å². The van der Waals surface area contributed by atoms with Crippen LogP contribution >= 0.6 is 0 Å². The fourth-order valence-electron chi connectivity index (χ4n) is 3.11. The van der Waals surface area contributed by atoms with Gasteiger partial charge in [-0.1, -0.05) is 0 Å². The summed E-state index contributed by atoms with van der Waals surface area (Å²) in [6.07, 6.45) is 3.52. The van der Waals surface area contributed by atoms with Crippen LogP contribution in [0.1, 0.15) is 19.3 Å². The van der Waals surface area contributed by atoms with Crippen LogP contribution in [0.3, 0.4) is 0 Å². The smallest absolute Gasteiger partial charge is 0.323 e. The second-order valence-corrected chi connectivity index (χ2v) is 5.14. The van der Waals surface area contributed by atoms with Crippen LogP contribution in [0.5, 0.6) is 0 Å². The number of ether oxygens (including phenoxy) is 1. The monoisotopic (exact) mass is 242 g/mol. The van der Waals surface area contributed by atoms with Crippen molar-refractivity contribution in [2.24, 2.45) is 0 Å². The molecule has 0 aromatic carbocycles. The van der Waals surface area contributed by atoms with Crippen LogP contribution in [0, 0.1) is 0 Å². The summed E-state index contributed by atoms with van der Waals surface area (Å²) in [6.45, 7) is 2.00. The van der Waals surface area contributed by atoms with Gasteiger partial charge in [-0.2, -0.15) is 0 Å². The Morgan fingerprint density at radius 1 is 1.41 bits per heavy atom. The Morgan fingerprint density at radius 2 is 2.12 bits per heavy atom. The van der Waals surface area contributed by atoms with Crippen molar-refractivity contribution >= 4 is 5.97 Å². The fraction of sp³-hybridized carbons (Fsp3) is 0.917. The van der Waals surface area contributed by atoms with Gasteiger partial charge in [-0.25, -0.2) is 0 Å². The second kappa shape index (κ2) is 5.33. The number of hydrogen-bond donors (Lipinski definition) is 1. The second-order valence-electron chi connectivity index (χ2n) is 5.14. The molecule has 5 nitrogen and oxygen atoms in total.